The fraction of sp³-hybridized carbons (Fsp3) is 0.364. The highest BCUT2D eigenvalue weighted by atomic mass is 16.4. The molecule has 0 aliphatic heterocycles. The lowest BCUT2D eigenvalue weighted by Gasteiger charge is -2.17. The van der Waals surface area contributed by atoms with Crippen molar-refractivity contribution in [3.8, 4) is 0 Å². The third-order valence-corrected chi connectivity index (χ3v) is 2.26. The van der Waals surface area contributed by atoms with E-state index in [2.05, 4.69) is 10.3 Å². The zero-order valence-corrected chi connectivity index (χ0v) is 9.56. The van der Waals surface area contributed by atoms with Crippen LogP contribution in [0.3, 0.4) is 0 Å². The van der Waals surface area contributed by atoms with Gasteiger partial charge in [0, 0.05) is 17.8 Å². The lowest BCUT2D eigenvalue weighted by atomic mass is 10.0. The molecule has 1 atom stereocenters. The molecule has 0 unspecified atom stereocenters. The molecular weight excluding hydrogens is 224 g/mol. The highest BCUT2D eigenvalue weighted by Gasteiger charge is 2.23. The molecule has 0 saturated carbocycles. The van der Waals surface area contributed by atoms with Gasteiger partial charge in [0.2, 0.25) is 5.56 Å². The van der Waals surface area contributed by atoms with E-state index in [1.54, 1.807) is 13.8 Å². The van der Waals surface area contributed by atoms with Crippen LogP contribution in [0.25, 0.3) is 0 Å². The number of aromatic amines is 1. The van der Waals surface area contributed by atoms with Crippen molar-refractivity contribution in [2.75, 3.05) is 0 Å². The first-order valence-electron chi connectivity index (χ1n) is 5.14. The van der Waals surface area contributed by atoms with Crippen LogP contribution in [0.2, 0.25) is 0 Å². The van der Waals surface area contributed by atoms with E-state index in [0.29, 0.717) is 0 Å². The Labute approximate surface area is 97.7 Å². The molecule has 0 aromatic carbocycles. The van der Waals surface area contributed by atoms with E-state index in [1.165, 1.54) is 12.3 Å². The highest BCUT2D eigenvalue weighted by Crippen LogP contribution is 2.03. The maximum atomic E-state index is 11.7. The Balaban J connectivity index is 2.85. The number of carboxylic acid groups (broad SMARTS) is 1. The second-order valence-corrected chi connectivity index (χ2v) is 3.97. The summed E-state index contributed by atoms with van der Waals surface area (Å²) in [6.07, 6.45) is 1.34. The second kappa shape index (κ2) is 5.29. The number of aliphatic carboxylic acids is 1. The van der Waals surface area contributed by atoms with Gasteiger partial charge in [0.15, 0.2) is 0 Å². The van der Waals surface area contributed by atoms with Gasteiger partial charge in [0.05, 0.1) is 0 Å². The van der Waals surface area contributed by atoms with Crippen molar-refractivity contribution in [1.29, 1.82) is 0 Å². The molecule has 1 heterocycles. The van der Waals surface area contributed by atoms with Gasteiger partial charge in [0.1, 0.15) is 6.04 Å². The molecule has 3 N–H and O–H groups in total. The number of carbonyl (C=O) groups excluding carboxylic acids is 1. The van der Waals surface area contributed by atoms with Crippen LogP contribution in [0.4, 0.5) is 0 Å². The molecule has 17 heavy (non-hydrogen) atoms. The smallest absolute Gasteiger partial charge is 0.326 e. The van der Waals surface area contributed by atoms with Crippen LogP contribution >= 0.6 is 0 Å². The van der Waals surface area contributed by atoms with Gasteiger partial charge in [-0.05, 0) is 12.0 Å². The molecule has 1 amide bonds. The minimum absolute atomic E-state index is 0.139. The summed E-state index contributed by atoms with van der Waals surface area (Å²) in [6.45, 7) is 3.38. The van der Waals surface area contributed by atoms with Crippen LogP contribution in [-0.2, 0) is 4.79 Å². The maximum Gasteiger partial charge on any atom is 0.326 e. The van der Waals surface area contributed by atoms with E-state index in [-0.39, 0.29) is 11.5 Å². The van der Waals surface area contributed by atoms with Crippen molar-refractivity contribution >= 4 is 11.9 Å². The Morgan fingerprint density at radius 2 is 2.06 bits per heavy atom. The number of H-pyrrole nitrogens is 1. The largest absolute Gasteiger partial charge is 0.480 e. The van der Waals surface area contributed by atoms with Gasteiger partial charge in [-0.2, -0.15) is 0 Å². The number of nitrogens with one attached hydrogen (secondary N) is 2. The van der Waals surface area contributed by atoms with Gasteiger partial charge < -0.3 is 15.4 Å². The second-order valence-electron chi connectivity index (χ2n) is 3.97. The molecule has 1 rings (SSSR count). The molecule has 6 heteroatoms. The summed E-state index contributed by atoms with van der Waals surface area (Å²) in [4.78, 5) is 36.0. The summed E-state index contributed by atoms with van der Waals surface area (Å²) in [5, 5.41) is 11.3. The van der Waals surface area contributed by atoms with Crippen LogP contribution in [0.5, 0.6) is 0 Å². The summed E-state index contributed by atoms with van der Waals surface area (Å²) >= 11 is 0. The molecule has 92 valence electrons. The third-order valence-electron chi connectivity index (χ3n) is 2.26. The van der Waals surface area contributed by atoms with Gasteiger partial charge in [-0.3, -0.25) is 9.59 Å². The van der Waals surface area contributed by atoms with E-state index in [9.17, 15) is 14.4 Å². The van der Waals surface area contributed by atoms with E-state index < -0.39 is 23.5 Å². The molecule has 0 spiro atoms. The molecule has 0 saturated heterocycles. The summed E-state index contributed by atoms with van der Waals surface area (Å²) < 4.78 is 0. The van der Waals surface area contributed by atoms with Gasteiger partial charge in [-0.25, -0.2) is 4.79 Å². The zero-order chi connectivity index (χ0) is 13.0. The number of pyridine rings is 1. The predicted molar refractivity (Wildman–Crippen MR) is 60.8 cm³/mol. The molecule has 1 aromatic heterocycles. The van der Waals surface area contributed by atoms with Crippen molar-refractivity contribution in [2.45, 2.75) is 19.9 Å². The molecule has 0 bridgehead atoms. The number of rotatable bonds is 4. The van der Waals surface area contributed by atoms with Crippen molar-refractivity contribution in [2.24, 2.45) is 5.92 Å². The number of hydrogen-bond acceptors (Lipinski definition) is 3. The maximum absolute atomic E-state index is 11.7. The van der Waals surface area contributed by atoms with Crippen molar-refractivity contribution in [1.82, 2.24) is 10.3 Å². The van der Waals surface area contributed by atoms with Crippen LogP contribution in [0, 0.1) is 5.92 Å². The Bertz CT molecular complexity index is 478. The standard InChI is InChI=1S/C11H14N2O4/c1-6(2)9(11(16)17)13-10(15)7-3-4-12-8(14)5-7/h3-6,9H,1-2H3,(H,12,14)(H,13,15)(H,16,17)/t9-/m0/s1. The quantitative estimate of drug-likeness (QED) is 0.698. The van der Waals surface area contributed by atoms with E-state index in [0.717, 1.165) is 6.07 Å². The monoisotopic (exact) mass is 238 g/mol. The first-order chi connectivity index (χ1) is 7.91. The van der Waals surface area contributed by atoms with E-state index >= 15 is 0 Å². The SMILES string of the molecule is CC(C)[C@H](NC(=O)c1cc[nH]c(=O)c1)C(=O)O. The molecule has 0 aliphatic rings. The summed E-state index contributed by atoms with van der Waals surface area (Å²) in [5.41, 5.74) is -0.269. The average molecular weight is 238 g/mol. The molecule has 6 nitrogen and oxygen atoms in total. The molecule has 1 aromatic rings. The van der Waals surface area contributed by atoms with Gasteiger partial charge >= 0.3 is 5.97 Å². The van der Waals surface area contributed by atoms with Crippen LogP contribution in [0.15, 0.2) is 23.1 Å². The Morgan fingerprint density at radius 3 is 2.53 bits per heavy atom. The lowest BCUT2D eigenvalue weighted by Crippen LogP contribution is -2.44. The topological polar surface area (TPSA) is 99.3 Å². The van der Waals surface area contributed by atoms with Crippen molar-refractivity contribution in [3.63, 3.8) is 0 Å². The van der Waals surface area contributed by atoms with Gasteiger partial charge in [-0.1, -0.05) is 13.8 Å². The Kier molecular flexibility index (Phi) is 4.03. The minimum Gasteiger partial charge on any atom is -0.480 e. The van der Waals surface area contributed by atoms with Gasteiger partial charge in [-0.15, -0.1) is 0 Å². The normalized spacial score (nSPS) is 12.2. The first-order valence-corrected chi connectivity index (χ1v) is 5.14. The Morgan fingerprint density at radius 1 is 1.41 bits per heavy atom. The predicted octanol–water partition coefficient (Wildman–Crippen LogP) is 0.214. The van der Waals surface area contributed by atoms with Crippen molar-refractivity contribution < 1.29 is 14.7 Å². The fourth-order valence-corrected chi connectivity index (χ4v) is 1.32. The summed E-state index contributed by atoms with van der Waals surface area (Å²) in [7, 11) is 0. The third kappa shape index (κ3) is 3.44. The molecular formula is C11H14N2O4. The highest BCUT2D eigenvalue weighted by molar-refractivity contribution is 5.96. The number of aromatic nitrogens is 1. The molecule has 0 aliphatic carbocycles. The summed E-state index contributed by atoms with van der Waals surface area (Å²) in [5.74, 6) is -1.91. The average Bonchev–Trinajstić information content (AvgIpc) is 2.24. The van der Waals surface area contributed by atoms with Crippen molar-refractivity contribution in [3.05, 3.63) is 34.2 Å². The number of amides is 1. The fourth-order valence-electron chi connectivity index (χ4n) is 1.32. The number of carbonyl (C=O) groups is 2. The van der Waals surface area contributed by atoms with Crippen LogP contribution < -0.4 is 10.9 Å². The first kappa shape index (κ1) is 13.0. The lowest BCUT2D eigenvalue weighted by molar-refractivity contribution is -0.140. The summed E-state index contributed by atoms with van der Waals surface area (Å²) in [6, 6.07) is 1.56. The molecule has 0 radical (unpaired) electrons. The van der Waals surface area contributed by atoms with Crippen LogP contribution in [0.1, 0.15) is 24.2 Å². The number of carboxylic acids is 1. The zero-order valence-electron chi connectivity index (χ0n) is 9.56. The molecule has 0 fully saturated rings. The van der Waals surface area contributed by atoms with E-state index in [4.69, 9.17) is 5.11 Å². The van der Waals surface area contributed by atoms with Gasteiger partial charge in [0.25, 0.3) is 5.91 Å². The number of hydrogen-bond donors (Lipinski definition) is 3. The Hall–Kier alpha value is -2.11. The van der Waals surface area contributed by atoms with E-state index in [1.807, 2.05) is 0 Å². The van der Waals surface area contributed by atoms with Crippen LogP contribution in [-0.4, -0.2) is 28.0 Å². The minimum atomic E-state index is -1.10.